The monoisotopic (exact) mass is 498 g/mol. The molecule has 10 heteroatoms. The van der Waals surface area contributed by atoms with Crippen LogP contribution in [-0.2, 0) is 14.8 Å². The van der Waals surface area contributed by atoms with Crippen LogP contribution in [0.25, 0.3) is 0 Å². The maximum absolute atomic E-state index is 13.6. The molecule has 0 spiro atoms. The topological polar surface area (TPSA) is 103 Å². The summed E-state index contributed by atoms with van der Waals surface area (Å²) < 4.78 is 50.1. The Morgan fingerprint density at radius 1 is 0.943 bits per heavy atom. The first kappa shape index (κ1) is 24.2. The Balaban J connectivity index is 1.69. The largest absolute Gasteiger partial charge is 0.497 e. The molecule has 1 unspecified atom stereocenters. The van der Waals surface area contributed by atoms with Gasteiger partial charge in [0.05, 0.1) is 44.1 Å². The molecule has 184 valence electrons. The molecular formula is C25H26N2O7S. The molecule has 0 saturated heterocycles. The molecule has 0 radical (unpaired) electrons. The third kappa shape index (κ3) is 4.83. The van der Waals surface area contributed by atoms with Gasteiger partial charge in [0, 0.05) is 6.07 Å². The smallest absolute Gasteiger partial charge is 0.267 e. The van der Waals surface area contributed by atoms with E-state index < -0.39 is 22.0 Å². The van der Waals surface area contributed by atoms with Gasteiger partial charge in [0.1, 0.15) is 23.0 Å². The Morgan fingerprint density at radius 2 is 1.63 bits per heavy atom. The minimum absolute atomic E-state index is 0.0698. The van der Waals surface area contributed by atoms with Crippen LogP contribution in [0.4, 0.5) is 11.4 Å². The van der Waals surface area contributed by atoms with E-state index in [1.54, 1.807) is 48.5 Å². The van der Waals surface area contributed by atoms with Crippen LogP contribution >= 0.6 is 0 Å². The first-order valence-corrected chi connectivity index (χ1v) is 12.2. The van der Waals surface area contributed by atoms with E-state index in [4.69, 9.17) is 18.9 Å². The van der Waals surface area contributed by atoms with Crippen molar-refractivity contribution in [3.05, 3.63) is 66.2 Å². The van der Waals surface area contributed by atoms with E-state index in [9.17, 15) is 13.2 Å². The molecular weight excluding hydrogens is 472 g/mol. The number of nitrogens with zero attached hydrogens (tertiary/aromatic N) is 1. The van der Waals surface area contributed by atoms with Crippen molar-refractivity contribution in [3.63, 3.8) is 0 Å². The van der Waals surface area contributed by atoms with E-state index in [1.165, 1.54) is 37.8 Å². The summed E-state index contributed by atoms with van der Waals surface area (Å²) in [4.78, 5) is 13.3. The molecule has 1 atom stereocenters. The molecule has 9 nitrogen and oxygen atoms in total. The lowest BCUT2D eigenvalue weighted by Gasteiger charge is -2.35. The number of carbonyl (C=O) groups is 1. The third-order valence-corrected chi connectivity index (χ3v) is 7.38. The van der Waals surface area contributed by atoms with E-state index in [-0.39, 0.29) is 11.4 Å². The van der Waals surface area contributed by atoms with E-state index in [0.717, 1.165) is 5.56 Å². The molecule has 0 aliphatic carbocycles. The fraction of sp³-hybridized carbons (Fsp3) is 0.240. The number of anilines is 2. The summed E-state index contributed by atoms with van der Waals surface area (Å²) in [6.07, 6.45) is -1.12. The molecule has 0 bridgehead atoms. The Kier molecular flexibility index (Phi) is 6.74. The number of fused-ring (bicyclic) bond motifs is 1. The number of nitrogens with one attached hydrogen (secondary N) is 1. The van der Waals surface area contributed by atoms with Gasteiger partial charge in [0.15, 0.2) is 6.10 Å². The fourth-order valence-electron chi connectivity index (χ4n) is 3.73. The van der Waals surface area contributed by atoms with Gasteiger partial charge in [-0.15, -0.1) is 0 Å². The van der Waals surface area contributed by atoms with Gasteiger partial charge >= 0.3 is 0 Å². The van der Waals surface area contributed by atoms with E-state index in [0.29, 0.717) is 34.4 Å². The molecule has 0 fully saturated rings. The van der Waals surface area contributed by atoms with Gasteiger partial charge in [-0.1, -0.05) is 6.07 Å². The number of hydrogen-bond acceptors (Lipinski definition) is 7. The molecule has 1 N–H and O–H groups in total. The minimum Gasteiger partial charge on any atom is -0.497 e. The van der Waals surface area contributed by atoms with Gasteiger partial charge in [-0.25, -0.2) is 8.42 Å². The lowest BCUT2D eigenvalue weighted by Crippen LogP contribution is -2.48. The van der Waals surface area contributed by atoms with Crippen LogP contribution in [-0.4, -0.2) is 48.3 Å². The van der Waals surface area contributed by atoms with Crippen molar-refractivity contribution in [1.29, 1.82) is 0 Å². The SMILES string of the molecule is COc1ccc(S(=O)(=O)N2CC(C(=O)Nc3cc(OC)ccc3OC)Oc3cc(C)ccc32)cc1. The Hall–Kier alpha value is -3.92. The molecule has 0 aromatic heterocycles. The van der Waals surface area contributed by atoms with E-state index in [1.807, 2.05) is 6.92 Å². The summed E-state index contributed by atoms with van der Waals surface area (Å²) in [5.41, 5.74) is 1.59. The second-order valence-corrected chi connectivity index (χ2v) is 9.71. The molecule has 1 heterocycles. The van der Waals surface area contributed by atoms with Crippen LogP contribution in [0.3, 0.4) is 0 Å². The van der Waals surface area contributed by atoms with Gasteiger partial charge in [0.2, 0.25) is 0 Å². The van der Waals surface area contributed by atoms with Gasteiger partial charge < -0.3 is 24.3 Å². The van der Waals surface area contributed by atoms with Crippen molar-refractivity contribution in [1.82, 2.24) is 0 Å². The minimum atomic E-state index is -4.00. The van der Waals surface area contributed by atoms with Crippen molar-refractivity contribution in [2.45, 2.75) is 17.9 Å². The number of sulfonamides is 1. The van der Waals surface area contributed by atoms with Gasteiger partial charge in [-0.05, 0) is 61.0 Å². The highest BCUT2D eigenvalue weighted by molar-refractivity contribution is 7.92. The standard InChI is InChI=1S/C25H26N2O7S/c1-16-5-11-21-23(13-16)34-24(25(28)26-20-14-18(32-3)8-12-22(20)33-4)15-27(21)35(29,30)19-9-6-17(31-2)7-10-19/h5-14,24H,15H2,1-4H3,(H,26,28). The lowest BCUT2D eigenvalue weighted by molar-refractivity contribution is -0.122. The van der Waals surface area contributed by atoms with Crippen molar-refractivity contribution in [2.75, 3.05) is 37.5 Å². The molecule has 0 saturated carbocycles. The van der Waals surface area contributed by atoms with Gasteiger partial charge in [-0.3, -0.25) is 9.10 Å². The zero-order chi connectivity index (χ0) is 25.2. The molecule has 1 aliphatic heterocycles. The van der Waals surface area contributed by atoms with Crippen LogP contribution in [0.2, 0.25) is 0 Å². The number of rotatable bonds is 7. The molecule has 35 heavy (non-hydrogen) atoms. The number of benzene rings is 3. The van der Waals surface area contributed by atoms with Crippen molar-refractivity contribution in [3.8, 4) is 23.0 Å². The van der Waals surface area contributed by atoms with Gasteiger partial charge in [0.25, 0.3) is 15.9 Å². The average molecular weight is 499 g/mol. The number of ether oxygens (including phenoxy) is 4. The van der Waals surface area contributed by atoms with E-state index >= 15 is 0 Å². The highest BCUT2D eigenvalue weighted by Gasteiger charge is 2.38. The zero-order valence-corrected chi connectivity index (χ0v) is 20.6. The number of hydrogen-bond donors (Lipinski definition) is 1. The normalized spacial score (nSPS) is 15.0. The predicted octanol–water partition coefficient (Wildman–Crippen LogP) is 3.62. The summed E-state index contributed by atoms with van der Waals surface area (Å²) in [5, 5.41) is 2.77. The maximum Gasteiger partial charge on any atom is 0.267 e. The summed E-state index contributed by atoms with van der Waals surface area (Å²) in [6.45, 7) is 1.64. The second kappa shape index (κ2) is 9.75. The summed E-state index contributed by atoms with van der Waals surface area (Å²) in [5.74, 6) is 1.25. The molecule has 4 rings (SSSR count). The third-order valence-electron chi connectivity index (χ3n) is 5.59. The molecule has 1 aliphatic rings. The Labute approximate surface area is 204 Å². The summed E-state index contributed by atoms with van der Waals surface area (Å²) in [6, 6.07) is 16.2. The van der Waals surface area contributed by atoms with Crippen LogP contribution < -0.4 is 28.6 Å². The van der Waals surface area contributed by atoms with Gasteiger partial charge in [-0.2, -0.15) is 0 Å². The number of amides is 1. The number of aryl methyl sites for hydroxylation is 1. The molecule has 3 aromatic rings. The van der Waals surface area contributed by atoms with Crippen LogP contribution in [0.5, 0.6) is 23.0 Å². The zero-order valence-electron chi connectivity index (χ0n) is 19.8. The van der Waals surface area contributed by atoms with Crippen molar-refractivity contribution >= 4 is 27.3 Å². The van der Waals surface area contributed by atoms with E-state index in [2.05, 4.69) is 5.32 Å². The Morgan fingerprint density at radius 3 is 2.29 bits per heavy atom. The second-order valence-electron chi connectivity index (χ2n) is 7.84. The Bertz CT molecular complexity index is 1340. The van der Waals surface area contributed by atoms with Crippen molar-refractivity contribution < 1.29 is 32.2 Å². The fourth-order valence-corrected chi connectivity index (χ4v) is 5.20. The summed E-state index contributed by atoms with van der Waals surface area (Å²) >= 11 is 0. The number of methoxy groups -OCH3 is 3. The predicted molar refractivity (Wildman–Crippen MR) is 131 cm³/mol. The highest BCUT2D eigenvalue weighted by atomic mass is 32.2. The van der Waals surface area contributed by atoms with Crippen LogP contribution in [0, 0.1) is 6.92 Å². The molecule has 1 amide bonds. The lowest BCUT2D eigenvalue weighted by atomic mass is 10.1. The van der Waals surface area contributed by atoms with Crippen molar-refractivity contribution in [2.24, 2.45) is 0 Å². The molecule has 3 aromatic carbocycles. The first-order valence-electron chi connectivity index (χ1n) is 10.7. The van der Waals surface area contributed by atoms with Crippen LogP contribution in [0.1, 0.15) is 5.56 Å². The average Bonchev–Trinajstić information content (AvgIpc) is 2.87. The summed E-state index contributed by atoms with van der Waals surface area (Å²) in [7, 11) is 0.497. The highest BCUT2D eigenvalue weighted by Crippen LogP contribution is 2.38. The maximum atomic E-state index is 13.6. The van der Waals surface area contributed by atoms with Crippen LogP contribution in [0.15, 0.2) is 65.6 Å². The number of carbonyl (C=O) groups excluding carboxylic acids is 1. The quantitative estimate of drug-likeness (QED) is 0.531. The first-order chi connectivity index (χ1) is 16.8.